The van der Waals surface area contributed by atoms with E-state index < -0.39 is 0 Å². The van der Waals surface area contributed by atoms with Crippen LogP contribution in [-0.4, -0.2) is 28.8 Å². The molecule has 5 rings (SSSR count). The van der Waals surface area contributed by atoms with Crippen LogP contribution in [0.4, 0.5) is 5.69 Å². The van der Waals surface area contributed by atoms with Crippen molar-refractivity contribution < 1.29 is 9.59 Å². The smallest absolute Gasteiger partial charge is 0.270 e. The van der Waals surface area contributed by atoms with E-state index in [1.165, 1.54) is 5.56 Å². The van der Waals surface area contributed by atoms with Crippen LogP contribution < -0.4 is 10.2 Å². The second-order valence-corrected chi connectivity index (χ2v) is 8.46. The van der Waals surface area contributed by atoms with Crippen molar-refractivity contribution in [1.82, 2.24) is 15.3 Å². The maximum Gasteiger partial charge on any atom is 0.270 e. The van der Waals surface area contributed by atoms with Gasteiger partial charge in [0.05, 0.1) is 5.54 Å². The van der Waals surface area contributed by atoms with Crippen LogP contribution in [0.25, 0.3) is 11.1 Å². The molecule has 1 saturated carbocycles. The summed E-state index contributed by atoms with van der Waals surface area (Å²) in [7, 11) is 1.82. The van der Waals surface area contributed by atoms with E-state index in [1.807, 2.05) is 50.6 Å². The third kappa shape index (κ3) is 3.48. The molecule has 6 nitrogen and oxygen atoms in total. The largest absolute Gasteiger partial charge is 0.341 e. The Morgan fingerprint density at radius 2 is 1.94 bits per heavy atom. The second-order valence-electron chi connectivity index (χ2n) is 8.46. The Hall–Kier alpha value is -3.54. The van der Waals surface area contributed by atoms with E-state index in [0.29, 0.717) is 12.1 Å². The average Bonchev–Trinajstić information content (AvgIpc) is 3.57. The molecule has 0 bridgehead atoms. The van der Waals surface area contributed by atoms with Gasteiger partial charge in [-0.25, -0.2) is 0 Å². The number of hydrogen-bond donors (Lipinski definition) is 1. The minimum absolute atomic E-state index is 0.150. The molecule has 1 aromatic carbocycles. The van der Waals surface area contributed by atoms with E-state index >= 15 is 0 Å². The minimum atomic E-state index is -0.384. The maximum absolute atomic E-state index is 12.8. The van der Waals surface area contributed by atoms with E-state index in [4.69, 9.17) is 0 Å². The lowest BCUT2D eigenvalue weighted by Gasteiger charge is -2.26. The van der Waals surface area contributed by atoms with Gasteiger partial charge in [-0.15, -0.1) is 0 Å². The number of amides is 2. The van der Waals surface area contributed by atoms with Crippen molar-refractivity contribution in [3.05, 3.63) is 77.4 Å². The number of aryl methyl sites for hydroxylation is 2. The fourth-order valence-electron chi connectivity index (χ4n) is 4.31. The summed E-state index contributed by atoms with van der Waals surface area (Å²) in [5.74, 6) is 0.000890. The van der Waals surface area contributed by atoms with Gasteiger partial charge in [0, 0.05) is 43.3 Å². The zero-order valence-electron chi connectivity index (χ0n) is 17.7. The van der Waals surface area contributed by atoms with Crippen LogP contribution in [0.15, 0.2) is 55.0 Å². The minimum Gasteiger partial charge on any atom is -0.341 e. The number of nitrogens with zero attached hydrogens (tertiary/aromatic N) is 3. The summed E-state index contributed by atoms with van der Waals surface area (Å²) < 4.78 is 0. The molecule has 0 atom stereocenters. The first-order chi connectivity index (χ1) is 15.0. The first-order valence-corrected chi connectivity index (χ1v) is 10.6. The first kappa shape index (κ1) is 19.4. The van der Waals surface area contributed by atoms with Gasteiger partial charge in [0.2, 0.25) is 5.91 Å². The highest BCUT2D eigenvalue weighted by Gasteiger charge is 2.46. The van der Waals surface area contributed by atoms with Gasteiger partial charge in [0.25, 0.3) is 5.91 Å². The van der Waals surface area contributed by atoms with E-state index in [0.717, 1.165) is 47.2 Å². The number of anilines is 1. The number of hydrogen-bond acceptors (Lipinski definition) is 4. The predicted molar refractivity (Wildman–Crippen MR) is 119 cm³/mol. The van der Waals surface area contributed by atoms with Crippen LogP contribution in [0.5, 0.6) is 0 Å². The highest BCUT2D eigenvalue weighted by atomic mass is 16.2. The molecule has 156 valence electrons. The molecule has 1 aliphatic heterocycles. The van der Waals surface area contributed by atoms with Gasteiger partial charge in [-0.05, 0) is 72.7 Å². The molecule has 31 heavy (non-hydrogen) atoms. The van der Waals surface area contributed by atoms with Crippen LogP contribution in [0.2, 0.25) is 0 Å². The highest BCUT2D eigenvalue weighted by Crippen LogP contribution is 2.46. The molecule has 0 spiro atoms. The van der Waals surface area contributed by atoms with Gasteiger partial charge in [-0.2, -0.15) is 0 Å². The van der Waals surface area contributed by atoms with Crippen LogP contribution in [-0.2, 0) is 16.8 Å². The highest BCUT2D eigenvalue weighted by molar-refractivity contribution is 5.96. The Kier molecular flexibility index (Phi) is 4.58. The fourth-order valence-corrected chi connectivity index (χ4v) is 4.31. The van der Waals surface area contributed by atoms with Gasteiger partial charge in [0.15, 0.2) is 0 Å². The summed E-state index contributed by atoms with van der Waals surface area (Å²) >= 11 is 0. The Morgan fingerprint density at radius 3 is 2.71 bits per heavy atom. The number of rotatable bonds is 4. The molecule has 2 aromatic heterocycles. The molecule has 3 heterocycles. The zero-order valence-corrected chi connectivity index (χ0v) is 17.7. The fraction of sp³-hybridized carbons (Fsp3) is 0.280. The Balaban J connectivity index is 1.43. The Labute approximate surface area is 181 Å². The lowest BCUT2D eigenvalue weighted by atomic mass is 9.95. The van der Waals surface area contributed by atoms with Crippen LogP contribution in [0, 0.1) is 6.92 Å². The number of carbonyl (C=O) groups excluding carboxylic acids is 2. The number of fused-ring (bicyclic) bond motifs is 1. The third-order valence-electron chi connectivity index (χ3n) is 6.37. The molecule has 0 saturated heterocycles. The van der Waals surface area contributed by atoms with E-state index in [9.17, 15) is 9.59 Å². The number of benzene rings is 1. The van der Waals surface area contributed by atoms with Crippen LogP contribution >= 0.6 is 0 Å². The summed E-state index contributed by atoms with van der Waals surface area (Å²) in [5, 5.41) is 3.19. The van der Waals surface area contributed by atoms with Crippen molar-refractivity contribution in [3.63, 3.8) is 0 Å². The summed E-state index contributed by atoms with van der Waals surface area (Å²) in [6.07, 6.45) is 8.39. The molecule has 2 amide bonds. The third-order valence-corrected chi connectivity index (χ3v) is 6.37. The normalized spacial score (nSPS) is 16.6. The van der Waals surface area contributed by atoms with Crippen molar-refractivity contribution in [2.24, 2.45) is 0 Å². The van der Waals surface area contributed by atoms with E-state index in [1.54, 1.807) is 11.1 Å². The number of pyridine rings is 2. The van der Waals surface area contributed by atoms with Crippen molar-refractivity contribution >= 4 is 17.5 Å². The Morgan fingerprint density at radius 1 is 1.10 bits per heavy atom. The molecule has 1 N–H and O–H groups in total. The average molecular weight is 412 g/mol. The second kappa shape index (κ2) is 7.30. The summed E-state index contributed by atoms with van der Waals surface area (Å²) in [5.41, 5.74) is 6.17. The lowest BCUT2D eigenvalue weighted by Crippen LogP contribution is -2.35. The molecule has 0 unspecified atom stereocenters. The summed E-state index contributed by atoms with van der Waals surface area (Å²) in [6.45, 7) is 1.89. The molecule has 6 heteroatoms. The molecule has 1 aliphatic carbocycles. The Bertz CT molecular complexity index is 1200. The van der Waals surface area contributed by atoms with Crippen molar-refractivity contribution in [1.29, 1.82) is 0 Å². The maximum atomic E-state index is 12.8. The summed E-state index contributed by atoms with van der Waals surface area (Å²) in [6, 6.07) is 12.0. The molecule has 1 fully saturated rings. The van der Waals surface area contributed by atoms with E-state index in [-0.39, 0.29) is 17.4 Å². The number of nitrogens with one attached hydrogen (secondary N) is 1. The van der Waals surface area contributed by atoms with Gasteiger partial charge < -0.3 is 10.2 Å². The van der Waals surface area contributed by atoms with E-state index in [2.05, 4.69) is 27.4 Å². The van der Waals surface area contributed by atoms with Crippen molar-refractivity contribution in [2.75, 3.05) is 11.9 Å². The van der Waals surface area contributed by atoms with Gasteiger partial charge in [-0.3, -0.25) is 19.6 Å². The topological polar surface area (TPSA) is 75.2 Å². The predicted octanol–water partition coefficient (Wildman–Crippen LogP) is 3.78. The molecular formula is C25H24N4O2. The van der Waals surface area contributed by atoms with Crippen LogP contribution in [0.3, 0.4) is 0 Å². The van der Waals surface area contributed by atoms with Gasteiger partial charge in [0.1, 0.15) is 5.69 Å². The zero-order chi connectivity index (χ0) is 21.6. The quantitative estimate of drug-likeness (QED) is 0.708. The van der Waals surface area contributed by atoms with Gasteiger partial charge >= 0.3 is 0 Å². The van der Waals surface area contributed by atoms with Crippen LogP contribution in [0.1, 0.15) is 46.4 Å². The van der Waals surface area contributed by atoms with Crippen molar-refractivity contribution in [3.8, 4) is 11.1 Å². The van der Waals surface area contributed by atoms with Gasteiger partial charge in [-0.1, -0.05) is 12.1 Å². The lowest BCUT2D eigenvalue weighted by molar-refractivity contribution is -0.118. The van der Waals surface area contributed by atoms with Crippen molar-refractivity contribution in [2.45, 2.75) is 38.1 Å². The molecule has 2 aliphatic rings. The molecular weight excluding hydrogens is 388 g/mol. The number of aromatic nitrogens is 2. The molecule has 3 aromatic rings. The molecule has 0 radical (unpaired) electrons. The number of carbonyl (C=O) groups is 2. The SMILES string of the molecule is Cc1cccnc1C(=O)NC1(c2cncc(-c3ccc4c(c3)CCC(=O)N4C)c2)CC1. The monoisotopic (exact) mass is 412 g/mol. The standard InChI is InChI=1S/C25H24N4O2/c1-16-4-3-11-27-23(16)24(31)28-25(9-10-25)20-13-19(14-26-15-20)17-5-7-21-18(12-17)6-8-22(30)29(21)2/h3-5,7,11-15H,6,8-10H2,1-2H3,(H,28,31). The summed E-state index contributed by atoms with van der Waals surface area (Å²) in [4.78, 5) is 35.2. The first-order valence-electron chi connectivity index (χ1n) is 10.6.